The molecule has 0 saturated carbocycles. The highest BCUT2D eigenvalue weighted by molar-refractivity contribution is 5.94. The summed E-state index contributed by atoms with van der Waals surface area (Å²) in [5, 5.41) is 14.4. The Kier molecular flexibility index (Phi) is 8.55. The van der Waals surface area contributed by atoms with Gasteiger partial charge < -0.3 is 31.4 Å². The Morgan fingerprint density at radius 2 is 2.03 bits per heavy atom. The van der Waals surface area contributed by atoms with Crippen LogP contribution in [0.2, 0.25) is 0 Å². The van der Waals surface area contributed by atoms with Crippen molar-refractivity contribution in [3.63, 3.8) is 0 Å². The molecule has 0 bridgehead atoms. The molecule has 1 aromatic rings. The maximum Gasteiger partial charge on any atom is 0.326 e. The van der Waals surface area contributed by atoms with E-state index in [0.717, 1.165) is 5.69 Å². The number of hydrogen-bond acceptors (Lipinski definition) is 6. The van der Waals surface area contributed by atoms with Crippen molar-refractivity contribution in [2.45, 2.75) is 70.6 Å². The first kappa shape index (κ1) is 24.3. The highest BCUT2D eigenvalue weighted by atomic mass is 16.4. The van der Waals surface area contributed by atoms with Crippen LogP contribution in [-0.2, 0) is 25.6 Å². The molecule has 2 heterocycles. The Balaban J connectivity index is 1.95. The summed E-state index contributed by atoms with van der Waals surface area (Å²) < 4.78 is 0. The molecule has 31 heavy (non-hydrogen) atoms. The van der Waals surface area contributed by atoms with E-state index in [1.54, 1.807) is 13.1 Å². The summed E-state index contributed by atoms with van der Waals surface area (Å²) in [6, 6.07) is -3.53. The van der Waals surface area contributed by atoms with E-state index in [9.17, 15) is 24.3 Å². The largest absolute Gasteiger partial charge is 0.480 e. The van der Waals surface area contributed by atoms with Gasteiger partial charge in [-0.3, -0.25) is 14.4 Å². The van der Waals surface area contributed by atoms with Crippen LogP contribution in [0.3, 0.4) is 0 Å². The van der Waals surface area contributed by atoms with Gasteiger partial charge in [0.05, 0.1) is 12.4 Å². The van der Waals surface area contributed by atoms with E-state index in [-0.39, 0.29) is 18.2 Å². The number of aromatic amines is 1. The van der Waals surface area contributed by atoms with E-state index >= 15 is 0 Å². The van der Waals surface area contributed by atoms with Gasteiger partial charge in [0.15, 0.2) is 0 Å². The van der Waals surface area contributed by atoms with E-state index in [1.165, 1.54) is 18.2 Å². The molecule has 3 amide bonds. The predicted molar refractivity (Wildman–Crippen MR) is 112 cm³/mol. The molecule has 6 N–H and O–H groups in total. The van der Waals surface area contributed by atoms with Crippen molar-refractivity contribution in [1.82, 2.24) is 25.5 Å². The van der Waals surface area contributed by atoms with Crippen LogP contribution in [0.5, 0.6) is 0 Å². The molecule has 1 aliphatic rings. The van der Waals surface area contributed by atoms with Crippen molar-refractivity contribution < 1.29 is 24.3 Å². The van der Waals surface area contributed by atoms with Crippen LogP contribution in [0, 0.1) is 5.92 Å². The summed E-state index contributed by atoms with van der Waals surface area (Å²) in [6.45, 7) is 5.45. The summed E-state index contributed by atoms with van der Waals surface area (Å²) in [6.07, 6.45) is 5.06. The zero-order valence-corrected chi connectivity index (χ0v) is 18.1. The quantitative estimate of drug-likeness (QED) is 0.326. The molecule has 11 nitrogen and oxygen atoms in total. The molecule has 1 aromatic heterocycles. The number of aliphatic carboxylic acids is 1. The van der Waals surface area contributed by atoms with Gasteiger partial charge in [0.2, 0.25) is 17.7 Å². The maximum absolute atomic E-state index is 12.8. The highest BCUT2D eigenvalue weighted by Gasteiger charge is 2.37. The average Bonchev–Trinajstić information content (AvgIpc) is 3.42. The molecule has 1 fully saturated rings. The van der Waals surface area contributed by atoms with E-state index < -0.39 is 42.0 Å². The normalized spacial score (nSPS) is 19.9. The first-order valence-electron chi connectivity index (χ1n) is 10.5. The first-order chi connectivity index (χ1) is 14.6. The lowest BCUT2D eigenvalue weighted by Gasteiger charge is -2.28. The van der Waals surface area contributed by atoms with Gasteiger partial charge in [0.1, 0.15) is 18.1 Å². The fraction of sp³-hybridized carbons (Fsp3) is 0.650. The highest BCUT2D eigenvalue weighted by Crippen LogP contribution is 2.19. The fourth-order valence-corrected chi connectivity index (χ4v) is 3.57. The minimum absolute atomic E-state index is 0.261. The summed E-state index contributed by atoms with van der Waals surface area (Å²) in [4.78, 5) is 57.6. The van der Waals surface area contributed by atoms with Gasteiger partial charge in [-0.1, -0.05) is 20.3 Å². The fourth-order valence-electron chi connectivity index (χ4n) is 3.57. The lowest BCUT2D eigenvalue weighted by molar-refractivity contribution is -0.144. The third-order valence-corrected chi connectivity index (χ3v) is 5.68. The van der Waals surface area contributed by atoms with Crippen molar-refractivity contribution in [2.24, 2.45) is 11.7 Å². The molecule has 0 spiro atoms. The second kappa shape index (κ2) is 10.9. The van der Waals surface area contributed by atoms with Crippen LogP contribution in [0.25, 0.3) is 0 Å². The minimum Gasteiger partial charge on any atom is -0.480 e. The Hall–Kier alpha value is -2.95. The Bertz CT molecular complexity index is 783. The number of carboxylic acid groups (broad SMARTS) is 1. The number of nitrogens with one attached hydrogen (secondary N) is 3. The summed E-state index contributed by atoms with van der Waals surface area (Å²) in [5.74, 6) is -2.78. The van der Waals surface area contributed by atoms with E-state index in [4.69, 9.17) is 5.73 Å². The molecule has 2 rings (SSSR count). The van der Waals surface area contributed by atoms with Crippen molar-refractivity contribution in [1.29, 1.82) is 0 Å². The molecule has 5 atom stereocenters. The van der Waals surface area contributed by atoms with Gasteiger partial charge >= 0.3 is 5.97 Å². The third kappa shape index (κ3) is 6.27. The molecule has 0 radical (unpaired) electrons. The number of imidazole rings is 1. The minimum atomic E-state index is -1.12. The number of amides is 3. The average molecular weight is 437 g/mol. The van der Waals surface area contributed by atoms with Crippen LogP contribution in [-0.4, -0.2) is 74.4 Å². The molecule has 1 aliphatic heterocycles. The monoisotopic (exact) mass is 436 g/mol. The molecule has 0 aromatic carbocycles. The van der Waals surface area contributed by atoms with Crippen LogP contribution >= 0.6 is 0 Å². The van der Waals surface area contributed by atoms with Crippen LogP contribution < -0.4 is 16.4 Å². The van der Waals surface area contributed by atoms with E-state index in [1.807, 2.05) is 6.92 Å². The van der Waals surface area contributed by atoms with E-state index in [0.29, 0.717) is 25.8 Å². The van der Waals surface area contributed by atoms with Crippen LogP contribution in [0.15, 0.2) is 12.5 Å². The van der Waals surface area contributed by atoms with Gasteiger partial charge in [0.25, 0.3) is 0 Å². The van der Waals surface area contributed by atoms with Gasteiger partial charge in [-0.25, -0.2) is 9.78 Å². The molecule has 1 saturated heterocycles. The number of hydrogen-bond donors (Lipinski definition) is 5. The number of nitrogens with zero attached hydrogens (tertiary/aromatic N) is 2. The standard InChI is InChI=1S/C20H32N6O5/c1-4-11(2)16(20(30)31)25-17(27)12(3)24-18(28)15-6-5-7-26(15)19(29)14(21)8-13-9-22-10-23-13/h9-12,14-16H,4-8,21H2,1-3H3,(H,22,23)(H,24,28)(H,25,27)(H,30,31). The lowest BCUT2D eigenvalue weighted by atomic mass is 9.99. The predicted octanol–water partition coefficient (Wildman–Crippen LogP) is -0.609. The van der Waals surface area contributed by atoms with Crippen LogP contribution in [0.4, 0.5) is 0 Å². The third-order valence-electron chi connectivity index (χ3n) is 5.68. The lowest BCUT2D eigenvalue weighted by Crippen LogP contribution is -2.56. The Morgan fingerprint density at radius 1 is 1.32 bits per heavy atom. The van der Waals surface area contributed by atoms with E-state index in [2.05, 4.69) is 20.6 Å². The number of aromatic nitrogens is 2. The summed E-state index contributed by atoms with van der Waals surface area (Å²) in [7, 11) is 0. The Labute approximate surface area is 181 Å². The molecule has 11 heteroatoms. The van der Waals surface area contributed by atoms with Gasteiger partial charge in [0, 0.05) is 24.9 Å². The van der Waals surface area contributed by atoms with Gasteiger partial charge in [-0.05, 0) is 25.7 Å². The smallest absolute Gasteiger partial charge is 0.326 e. The number of likely N-dealkylation sites (tertiary alicyclic amines) is 1. The van der Waals surface area contributed by atoms with Crippen LogP contribution in [0.1, 0.15) is 45.7 Å². The molecular formula is C20H32N6O5. The number of H-pyrrole nitrogens is 1. The maximum atomic E-state index is 12.8. The zero-order valence-electron chi connectivity index (χ0n) is 18.1. The SMILES string of the molecule is CCC(C)C(NC(=O)C(C)NC(=O)C1CCCN1C(=O)C(N)Cc1cnc[nH]1)C(=O)O. The number of carbonyl (C=O) groups is 4. The van der Waals surface area contributed by atoms with Gasteiger partial charge in [-0.15, -0.1) is 0 Å². The van der Waals surface area contributed by atoms with Gasteiger partial charge in [-0.2, -0.15) is 0 Å². The van der Waals surface area contributed by atoms with Crippen molar-refractivity contribution in [3.05, 3.63) is 18.2 Å². The molecule has 5 unspecified atom stereocenters. The molecular weight excluding hydrogens is 404 g/mol. The number of nitrogens with two attached hydrogens (primary N) is 1. The van der Waals surface area contributed by atoms with Crippen molar-refractivity contribution in [3.8, 4) is 0 Å². The topological polar surface area (TPSA) is 171 Å². The molecule has 172 valence electrons. The summed E-state index contributed by atoms with van der Waals surface area (Å²) in [5.41, 5.74) is 6.76. The summed E-state index contributed by atoms with van der Waals surface area (Å²) >= 11 is 0. The number of carbonyl (C=O) groups excluding carboxylic acids is 3. The first-order valence-corrected chi connectivity index (χ1v) is 10.5. The number of carboxylic acids is 1. The molecule has 0 aliphatic carbocycles. The Morgan fingerprint density at radius 3 is 2.61 bits per heavy atom. The van der Waals surface area contributed by atoms with Crippen molar-refractivity contribution in [2.75, 3.05) is 6.54 Å². The number of rotatable bonds is 10. The zero-order chi connectivity index (χ0) is 23.1. The second-order valence-electron chi connectivity index (χ2n) is 8.02. The second-order valence-corrected chi connectivity index (χ2v) is 8.02. The van der Waals surface area contributed by atoms with Crippen molar-refractivity contribution >= 4 is 23.7 Å².